The van der Waals surface area contributed by atoms with Crippen molar-refractivity contribution in [2.45, 2.75) is 36.6 Å². The summed E-state index contributed by atoms with van der Waals surface area (Å²) in [6.07, 6.45) is -0.825. The number of aliphatic hydroxyl groups excluding tert-OH is 1. The Bertz CT molecular complexity index is 1080. The van der Waals surface area contributed by atoms with E-state index in [1.54, 1.807) is 0 Å². The minimum absolute atomic E-state index is 0.201. The molecule has 4 atom stereocenters. The summed E-state index contributed by atoms with van der Waals surface area (Å²) in [5.41, 5.74) is 0.420. The predicted octanol–water partition coefficient (Wildman–Crippen LogP) is 0.968. The first-order chi connectivity index (χ1) is 13.9. The number of fused-ring (bicyclic) bond motifs is 2. The lowest BCUT2D eigenvalue weighted by Crippen LogP contribution is -2.59. The summed E-state index contributed by atoms with van der Waals surface area (Å²) >= 11 is 0. The monoisotopic (exact) mass is 395 g/mol. The maximum Gasteiger partial charge on any atom is 0.344 e. The van der Waals surface area contributed by atoms with Crippen molar-refractivity contribution in [3.05, 3.63) is 71.9 Å². The van der Waals surface area contributed by atoms with Gasteiger partial charge in [-0.25, -0.2) is 4.79 Å². The Morgan fingerprint density at radius 3 is 2.59 bits per heavy atom. The van der Waals surface area contributed by atoms with Gasteiger partial charge in [0.05, 0.1) is 6.61 Å². The zero-order valence-electron chi connectivity index (χ0n) is 15.6. The lowest BCUT2D eigenvalue weighted by atomic mass is 9.85. The molecule has 2 fully saturated rings. The van der Waals surface area contributed by atoms with Gasteiger partial charge in [0.25, 0.3) is 0 Å². The molecule has 3 N–H and O–H groups in total. The molecule has 0 amide bonds. The molecule has 7 heteroatoms. The van der Waals surface area contributed by atoms with Crippen LogP contribution in [0.15, 0.2) is 60.8 Å². The van der Waals surface area contributed by atoms with Crippen LogP contribution in [-0.2, 0) is 27.2 Å². The van der Waals surface area contributed by atoms with Crippen molar-refractivity contribution in [3.8, 4) is 0 Å². The van der Waals surface area contributed by atoms with Crippen molar-refractivity contribution >= 4 is 16.9 Å². The SMILES string of the molecule is O=C1O[C@@H]2[C@@H](O)CO[C@]2(O)[C@@]1(O)Cc1cn(Cc2ccccc2)c2ccccc12. The molecule has 1 aromatic heterocycles. The van der Waals surface area contributed by atoms with Gasteiger partial charge >= 0.3 is 5.97 Å². The highest BCUT2D eigenvalue weighted by molar-refractivity contribution is 5.88. The van der Waals surface area contributed by atoms with E-state index in [2.05, 4.69) is 0 Å². The third-order valence-electron chi connectivity index (χ3n) is 5.89. The van der Waals surface area contributed by atoms with Gasteiger partial charge in [0, 0.05) is 30.1 Å². The molecule has 2 aliphatic rings. The second kappa shape index (κ2) is 6.40. The molecule has 0 bridgehead atoms. The zero-order chi connectivity index (χ0) is 20.2. The van der Waals surface area contributed by atoms with Gasteiger partial charge in [0.2, 0.25) is 11.4 Å². The molecule has 150 valence electrons. The van der Waals surface area contributed by atoms with Crippen molar-refractivity contribution in [3.63, 3.8) is 0 Å². The molecule has 3 aromatic rings. The van der Waals surface area contributed by atoms with Crippen LogP contribution in [0.4, 0.5) is 0 Å². The van der Waals surface area contributed by atoms with E-state index in [0.717, 1.165) is 16.5 Å². The molecule has 0 saturated carbocycles. The van der Waals surface area contributed by atoms with E-state index in [1.807, 2.05) is 65.4 Å². The van der Waals surface area contributed by atoms with Crippen molar-refractivity contribution in [1.29, 1.82) is 0 Å². The lowest BCUT2D eigenvalue weighted by molar-refractivity contribution is -0.262. The van der Waals surface area contributed by atoms with Crippen LogP contribution in [0.3, 0.4) is 0 Å². The number of hydrogen-bond acceptors (Lipinski definition) is 6. The van der Waals surface area contributed by atoms with E-state index in [9.17, 15) is 20.1 Å². The minimum Gasteiger partial charge on any atom is -0.451 e. The molecule has 0 unspecified atom stereocenters. The number of nitrogens with zero attached hydrogens (tertiary/aromatic N) is 1. The number of aromatic nitrogens is 1. The summed E-state index contributed by atoms with van der Waals surface area (Å²) in [7, 11) is 0. The van der Waals surface area contributed by atoms with E-state index >= 15 is 0 Å². The number of hydrogen-bond donors (Lipinski definition) is 3. The maximum atomic E-state index is 12.5. The Labute approximate surface area is 166 Å². The van der Waals surface area contributed by atoms with Crippen LogP contribution in [0.2, 0.25) is 0 Å². The van der Waals surface area contributed by atoms with Gasteiger partial charge in [0.15, 0.2) is 6.10 Å². The normalized spacial score (nSPS) is 31.2. The van der Waals surface area contributed by atoms with Gasteiger partial charge in [-0.1, -0.05) is 48.5 Å². The first-order valence-corrected chi connectivity index (χ1v) is 9.51. The van der Waals surface area contributed by atoms with E-state index < -0.39 is 29.6 Å². The number of rotatable bonds is 4. The van der Waals surface area contributed by atoms with E-state index in [1.165, 1.54) is 0 Å². The van der Waals surface area contributed by atoms with Gasteiger partial charge in [-0.3, -0.25) is 0 Å². The Hall–Kier alpha value is -2.71. The second-order valence-electron chi connectivity index (χ2n) is 7.72. The predicted molar refractivity (Wildman–Crippen MR) is 103 cm³/mol. The second-order valence-corrected chi connectivity index (χ2v) is 7.72. The number of carbonyl (C=O) groups excluding carboxylic acids is 1. The average Bonchev–Trinajstić information content (AvgIpc) is 3.28. The Morgan fingerprint density at radius 1 is 1.07 bits per heavy atom. The van der Waals surface area contributed by atoms with Gasteiger partial charge < -0.3 is 29.4 Å². The molecule has 0 radical (unpaired) electrons. The van der Waals surface area contributed by atoms with Crippen LogP contribution in [-0.4, -0.2) is 56.1 Å². The summed E-state index contributed by atoms with van der Waals surface area (Å²) in [4.78, 5) is 12.5. The van der Waals surface area contributed by atoms with E-state index in [0.29, 0.717) is 12.1 Å². The number of ether oxygens (including phenoxy) is 2. The highest BCUT2D eigenvalue weighted by Crippen LogP contribution is 2.45. The maximum absolute atomic E-state index is 12.5. The quantitative estimate of drug-likeness (QED) is 0.569. The molecule has 2 aliphatic heterocycles. The third-order valence-corrected chi connectivity index (χ3v) is 5.89. The average molecular weight is 395 g/mol. The number of para-hydroxylation sites is 1. The van der Waals surface area contributed by atoms with Crippen LogP contribution < -0.4 is 0 Å². The van der Waals surface area contributed by atoms with Crippen molar-refractivity contribution in [1.82, 2.24) is 4.57 Å². The van der Waals surface area contributed by atoms with Gasteiger partial charge in [-0.05, 0) is 17.2 Å². The van der Waals surface area contributed by atoms with Crippen LogP contribution in [0, 0.1) is 0 Å². The fraction of sp³-hybridized carbons (Fsp3) is 0.318. The van der Waals surface area contributed by atoms with Crippen LogP contribution >= 0.6 is 0 Å². The number of aliphatic hydroxyl groups is 3. The summed E-state index contributed by atoms with van der Waals surface area (Å²) in [5, 5.41) is 32.8. The summed E-state index contributed by atoms with van der Waals surface area (Å²) in [6, 6.07) is 17.6. The molecule has 29 heavy (non-hydrogen) atoms. The molecule has 0 aliphatic carbocycles. The fourth-order valence-corrected chi connectivity index (χ4v) is 4.36. The smallest absolute Gasteiger partial charge is 0.344 e. The highest BCUT2D eigenvalue weighted by atomic mass is 16.7. The van der Waals surface area contributed by atoms with Crippen molar-refractivity contribution < 1.29 is 29.6 Å². The molecule has 2 saturated heterocycles. The molecule has 2 aromatic carbocycles. The highest BCUT2D eigenvalue weighted by Gasteiger charge is 2.73. The van der Waals surface area contributed by atoms with Gasteiger partial charge in [-0.15, -0.1) is 0 Å². The molecule has 3 heterocycles. The molecular weight excluding hydrogens is 374 g/mol. The van der Waals surface area contributed by atoms with Crippen molar-refractivity contribution in [2.75, 3.05) is 6.61 Å². The largest absolute Gasteiger partial charge is 0.451 e. The van der Waals surface area contributed by atoms with Crippen LogP contribution in [0.5, 0.6) is 0 Å². The van der Waals surface area contributed by atoms with Crippen LogP contribution in [0.25, 0.3) is 10.9 Å². The third kappa shape index (κ3) is 2.63. The Morgan fingerprint density at radius 2 is 1.79 bits per heavy atom. The minimum atomic E-state index is -2.31. The van der Waals surface area contributed by atoms with E-state index in [4.69, 9.17) is 9.47 Å². The van der Waals surface area contributed by atoms with E-state index in [-0.39, 0.29) is 13.0 Å². The Kier molecular flexibility index (Phi) is 4.04. The molecule has 5 rings (SSSR count). The fourth-order valence-electron chi connectivity index (χ4n) is 4.36. The van der Waals surface area contributed by atoms with Crippen LogP contribution in [0.1, 0.15) is 11.1 Å². The number of carbonyl (C=O) groups is 1. The van der Waals surface area contributed by atoms with Crippen molar-refractivity contribution in [2.24, 2.45) is 0 Å². The number of esters is 1. The first kappa shape index (κ1) is 18.3. The lowest BCUT2D eigenvalue weighted by Gasteiger charge is -2.31. The first-order valence-electron chi connectivity index (χ1n) is 9.51. The summed E-state index contributed by atoms with van der Waals surface area (Å²) < 4.78 is 12.4. The Balaban J connectivity index is 1.55. The molecule has 7 nitrogen and oxygen atoms in total. The summed E-state index contributed by atoms with van der Waals surface area (Å²) in [5.74, 6) is -3.28. The zero-order valence-corrected chi connectivity index (χ0v) is 15.6. The number of benzene rings is 2. The topological polar surface area (TPSA) is 101 Å². The van der Waals surface area contributed by atoms with Gasteiger partial charge in [-0.2, -0.15) is 0 Å². The molecular formula is C22H21NO6. The van der Waals surface area contributed by atoms with Gasteiger partial charge in [0.1, 0.15) is 6.10 Å². The summed E-state index contributed by atoms with van der Waals surface area (Å²) in [6.45, 7) is 0.402. The standard InChI is InChI=1S/C22H21NO6/c24-18-13-28-22(27)19(18)29-20(25)21(22,26)10-15-12-23(11-14-6-2-1-3-7-14)17-9-5-4-8-16(15)17/h1-9,12,18-19,24,26-27H,10-11,13H2/t18-,19+,21+,22-/m0/s1. The molecule has 0 spiro atoms.